The lowest BCUT2D eigenvalue weighted by Gasteiger charge is -1.91. The molecule has 44 valence electrons. The molecule has 0 radical (unpaired) electrons. The quantitative estimate of drug-likeness (QED) is 0.302. The number of rotatable bonds is 1. The van der Waals surface area contributed by atoms with Gasteiger partial charge in [0.2, 0.25) is 0 Å². The molecule has 0 aromatic rings. The van der Waals surface area contributed by atoms with Gasteiger partial charge >= 0.3 is 0 Å². The minimum atomic E-state index is 0.208. The van der Waals surface area contributed by atoms with E-state index in [2.05, 4.69) is 15.3 Å². The predicted molar refractivity (Wildman–Crippen MR) is 30.4 cm³/mol. The molecule has 0 aromatic heterocycles. The van der Waals surface area contributed by atoms with Crippen LogP contribution in [-0.2, 0) is 0 Å². The fourth-order valence-electron chi connectivity index (χ4n) is 0.811. The molecule has 0 bridgehead atoms. The Balaban J connectivity index is 2.35. The summed E-state index contributed by atoms with van der Waals surface area (Å²) in [5.74, 6) is 0. The highest BCUT2D eigenvalue weighted by Gasteiger charge is 2.10. The van der Waals surface area contributed by atoms with E-state index < -0.39 is 0 Å². The van der Waals surface area contributed by atoms with Crippen LogP contribution >= 0.6 is 0 Å². The van der Waals surface area contributed by atoms with E-state index >= 15 is 0 Å². The van der Waals surface area contributed by atoms with Crippen molar-refractivity contribution in [3.8, 4) is 0 Å². The van der Waals surface area contributed by atoms with Crippen molar-refractivity contribution in [3.63, 3.8) is 0 Å². The lowest BCUT2D eigenvalue weighted by atomic mass is 10.3. The van der Waals surface area contributed by atoms with Crippen LogP contribution in [0, 0.1) is 0 Å². The summed E-state index contributed by atoms with van der Waals surface area (Å²) in [7, 11) is 0. The van der Waals surface area contributed by atoms with Crippen LogP contribution in [-0.4, -0.2) is 19.1 Å². The maximum atomic E-state index is 7.96. The van der Waals surface area contributed by atoms with Crippen molar-refractivity contribution in [2.24, 2.45) is 5.11 Å². The highest BCUT2D eigenvalue weighted by molar-refractivity contribution is 4.76. The van der Waals surface area contributed by atoms with Crippen LogP contribution in [0.5, 0.6) is 0 Å². The first kappa shape index (κ1) is 5.41. The van der Waals surface area contributed by atoms with Gasteiger partial charge in [-0.1, -0.05) is 5.11 Å². The van der Waals surface area contributed by atoms with E-state index in [1.54, 1.807) is 0 Å². The Labute approximate surface area is 47.5 Å². The average molecular weight is 112 g/mol. The summed E-state index contributed by atoms with van der Waals surface area (Å²) in [6, 6.07) is 0.208. The summed E-state index contributed by atoms with van der Waals surface area (Å²) in [4.78, 5) is 2.70. The highest BCUT2D eigenvalue weighted by Crippen LogP contribution is 2.01. The zero-order valence-corrected chi connectivity index (χ0v) is 4.54. The third-order valence-electron chi connectivity index (χ3n) is 1.25. The summed E-state index contributed by atoms with van der Waals surface area (Å²) >= 11 is 0. The molecule has 4 nitrogen and oxygen atoms in total. The standard InChI is InChI=1S/C4H8N4/c5-8-7-4-1-2-6-3-4/h4,6H,1-3H2/t4-/m1/s1. The highest BCUT2D eigenvalue weighted by atomic mass is 15.2. The van der Waals surface area contributed by atoms with Crippen LogP contribution in [0.1, 0.15) is 6.42 Å². The summed E-state index contributed by atoms with van der Waals surface area (Å²) in [5, 5.41) is 6.63. The fourth-order valence-corrected chi connectivity index (χ4v) is 0.811. The van der Waals surface area contributed by atoms with E-state index in [0.717, 1.165) is 19.5 Å². The molecular weight excluding hydrogens is 104 g/mol. The van der Waals surface area contributed by atoms with Gasteiger partial charge in [0.1, 0.15) is 0 Å². The molecule has 1 aliphatic heterocycles. The third kappa shape index (κ3) is 1.12. The second-order valence-corrected chi connectivity index (χ2v) is 1.85. The number of azide groups is 1. The fraction of sp³-hybridized carbons (Fsp3) is 1.00. The largest absolute Gasteiger partial charge is 0.316 e. The molecule has 4 heteroatoms. The van der Waals surface area contributed by atoms with E-state index in [-0.39, 0.29) is 6.04 Å². The lowest BCUT2D eigenvalue weighted by Crippen LogP contribution is -2.10. The molecular formula is C4H8N4. The van der Waals surface area contributed by atoms with Gasteiger partial charge in [0.15, 0.2) is 0 Å². The van der Waals surface area contributed by atoms with E-state index in [0.29, 0.717) is 0 Å². The van der Waals surface area contributed by atoms with Gasteiger partial charge in [-0.15, -0.1) is 0 Å². The Hall–Kier alpha value is -0.730. The molecule has 0 aliphatic carbocycles. The number of nitrogens with one attached hydrogen (secondary N) is 1. The van der Waals surface area contributed by atoms with Gasteiger partial charge in [0.05, 0.1) is 6.04 Å². The zero-order valence-electron chi connectivity index (χ0n) is 4.54. The normalized spacial score (nSPS) is 27.2. The van der Waals surface area contributed by atoms with Crippen molar-refractivity contribution in [3.05, 3.63) is 10.4 Å². The van der Waals surface area contributed by atoms with Crippen molar-refractivity contribution in [2.75, 3.05) is 13.1 Å². The first-order valence-electron chi connectivity index (χ1n) is 2.68. The van der Waals surface area contributed by atoms with Crippen LogP contribution < -0.4 is 5.32 Å². The molecule has 0 unspecified atom stereocenters. The minimum Gasteiger partial charge on any atom is -0.316 e. The predicted octanol–water partition coefficient (Wildman–Crippen LogP) is 0.659. The Kier molecular flexibility index (Phi) is 1.72. The second-order valence-electron chi connectivity index (χ2n) is 1.85. The van der Waals surface area contributed by atoms with Crippen molar-refractivity contribution in [2.45, 2.75) is 12.5 Å². The molecule has 1 heterocycles. The number of hydrogen-bond acceptors (Lipinski definition) is 2. The van der Waals surface area contributed by atoms with E-state index in [4.69, 9.17) is 5.53 Å². The van der Waals surface area contributed by atoms with Gasteiger partial charge < -0.3 is 5.32 Å². The van der Waals surface area contributed by atoms with Crippen LogP contribution in [0.15, 0.2) is 5.11 Å². The molecule has 1 atom stereocenters. The smallest absolute Gasteiger partial charge is 0.0510 e. The van der Waals surface area contributed by atoms with Crippen molar-refractivity contribution in [1.82, 2.24) is 5.32 Å². The van der Waals surface area contributed by atoms with Gasteiger partial charge in [-0.05, 0) is 18.5 Å². The average Bonchev–Trinajstić information content (AvgIpc) is 2.19. The molecule has 1 rings (SSSR count). The van der Waals surface area contributed by atoms with Crippen LogP contribution in [0.2, 0.25) is 0 Å². The molecule has 0 amide bonds. The van der Waals surface area contributed by atoms with Crippen LogP contribution in [0.25, 0.3) is 10.4 Å². The number of hydrogen-bond donors (Lipinski definition) is 1. The molecule has 1 saturated heterocycles. The van der Waals surface area contributed by atoms with Gasteiger partial charge in [-0.2, -0.15) is 0 Å². The van der Waals surface area contributed by atoms with Crippen LogP contribution in [0.3, 0.4) is 0 Å². The first-order chi connectivity index (χ1) is 3.93. The maximum absolute atomic E-state index is 7.96. The van der Waals surface area contributed by atoms with Gasteiger partial charge in [-0.3, -0.25) is 0 Å². The Morgan fingerprint density at radius 2 is 2.62 bits per heavy atom. The van der Waals surface area contributed by atoms with Crippen molar-refractivity contribution in [1.29, 1.82) is 0 Å². The Morgan fingerprint density at radius 1 is 1.75 bits per heavy atom. The van der Waals surface area contributed by atoms with Crippen molar-refractivity contribution < 1.29 is 0 Å². The topological polar surface area (TPSA) is 60.8 Å². The molecule has 1 fully saturated rings. The molecule has 1 aliphatic rings. The Morgan fingerprint density at radius 3 is 3.12 bits per heavy atom. The molecule has 0 saturated carbocycles. The molecule has 0 spiro atoms. The van der Waals surface area contributed by atoms with Crippen molar-refractivity contribution >= 4 is 0 Å². The molecule has 1 N–H and O–H groups in total. The lowest BCUT2D eigenvalue weighted by molar-refractivity contribution is 0.735. The summed E-state index contributed by atoms with van der Waals surface area (Å²) in [6.45, 7) is 1.84. The maximum Gasteiger partial charge on any atom is 0.0510 e. The summed E-state index contributed by atoms with van der Waals surface area (Å²) in [6.07, 6.45) is 0.990. The zero-order chi connectivity index (χ0) is 5.82. The second kappa shape index (κ2) is 2.55. The van der Waals surface area contributed by atoms with E-state index in [9.17, 15) is 0 Å². The van der Waals surface area contributed by atoms with E-state index in [1.165, 1.54) is 0 Å². The molecule has 0 aromatic carbocycles. The molecule has 8 heavy (non-hydrogen) atoms. The van der Waals surface area contributed by atoms with E-state index in [1.807, 2.05) is 0 Å². The first-order valence-corrected chi connectivity index (χ1v) is 2.68. The Bertz CT molecular complexity index is 109. The summed E-state index contributed by atoms with van der Waals surface area (Å²) in [5.41, 5.74) is 7.96. The van der Waals surface area contributed by atoms with Gasteiger partial charge in [-0.25, -0.2) is 0 Å². The monoisotopic (exact) mass is 112 g/mol. The van der Waals surface area contributed by atoms with Gasteiger partial charge in [0, 0.05) is 11.5 Å². The number of nitrogens with zero attached hydrogens (tertiary/aromatic N) is 3. The minimum absolute atomic E-state index is 0.208. The third-order valence-corrected chi connectivity index (χ3v) is 1.25. The van der Waals surface area contributed by atoms with Gasteiger partial charge in [0.25, 0.3) is 0 Å². The SMILES string of the molecule is [N-]=[N+]=N[C@@H]1CCNC1. The van der Waals surface area contributed by atoms with Crippen LogP contribution in [0.4, 0.5) is 0 Å². The summed E-state index contributed by atoms with van der Waals surface area (Å²) < 4.78 is 0.